The van der Waals surface area contributed by atoms with Crippen molar-refractivity contribution in [2.75, 3.05) is 0 Å². The topological polar surface area (TPSA) is 37.5 Å². The molecule has 0 saturated carbocycles. The summed E-state index contributed by atoms with van der Waals surface area (Å²) >= 11 is 5.85. The van der Waals surface area contributed by atoms with E-state index in [1.54, 1.807) is 4.40 Å². The van der Waals surface area contributed by atoms with Gasteiger partial charge in [0.2, 0.25) is 5.28 Å². The van der Waals surface area contributed by atoms with Crippen LogP contribution >= 0.6 is 11.6 Å². The van der Waals surface area contributed by atoms with Gasteiger partial charge >= 0.3 is 0 Å². The lowest BCUT2D eigenvalue weighted by atomic mass is 10.2. The van der Waals surface area contributed by atoms with Crippen LogP contribution in [0.3, 0.4) is 0 Å². The third-order valence-electron chi connectivity index (χ3n) is 1.98. The fourth-order valence-corrected chi connectivity index (χ4v) is 1.58. The second-order valence-electron chi connectivity index (χ2n) is 2.94. The Morgan fingerprint density at radius 3 is 3.08 bits per heavy atom. The number of imidazole rings is 1. The van der Waals surface area contributed by atoms with Crippen molar-refractivity contribution in [2.24, 2.45) is 0 Å². The van der Waals surface area contributed by atoms with Crippen molar-refractivity contribution in [3.63, 3.8) is 0 Å². The molecule has 2 aromatic heterocycles. The molecule has 0 saturated heterocycles. The average Bonchev–Trinajstić information content (AvgIpc) is 2.42. The van der Waals surface area contributed by atoms with E-state index in [-0.39, 0.29) is 6.61 Å². The maximum absolute atomic E-state index is 9.01. The summed E-state index contributed by atoms with van der Waals surface area (Å²) in [5, 5.41) is 9.39. The largest absolute Gasteiger partial charge is 0.390 e. The summed E-state index contributed by atoms with van der Waals surface area (Å²) in [6.07, 6.45) is 1.85. The summed E-state index contributed by atoms with van der Waals surface area (Å²) in [4.78, 5) is 4.03. The van der Waals surface area contributed by atoms with Gasteiger partial charge in [-0.25, -0.2) is 4.98 Å². The van der Waals surface area contributed by atoms with E-state index in [1.807, 2.05) is 25.3 Å². The first kappa shape index (κ1) is 8.53. The molecule has 2 rings (SSSR count). The lowest BCUT2D eigenvalue weighted by Crippen LogP contribution is -1.86. The molecule has 13 heavy (non-hydrogen) atoms. The molecule has 68 valence electrons. The first-order chi connectivity index (χ1) is 6.22. The summed E-state index contributed by atoms with van der Waals surface area (Å²) in [5.41, 5.74) is 2.61. The summed E-state index contributed by atoms with van der Waals surface area (Å²) in [6.45, 7) is 1.90. The molecule has 0 amide bonds. The van der Waals surface area contributed by atoms with E-state index in [1.165, 1.54) is 0 Å². The molecule has 0 radical (unpaired) electrons. The molecule has 1 N–H and O–H groups in total. The number of aliphatic hydroxyl groups excluding tert-OH is 1. The van der Waals surface area contributed by atoms with Crippen LogP contribution < -0.4 is 0 Å². The van der Waals surface area contributed by atoms with Crippen molar-refractivity contribution in [3.8, 4) is 0 Å². The number of halogens is 1. The van der Waals surface area contributed by atoms with E-state index < -0.39 is 0 Å². The number of rotatable bonds is 1. The predicted octanol–water partition coefficient (Wildman–Crippen LogP) is 1.79. The van der Waals surface area contributed by atoms with Gasteiger partial charge in [0.25, 0.3) is 0 Å². The van der Waals surface area contributed by atoms with Crippen LogP contribution in [0.15, 0.2) is 18.3 Å². The Kier molecular flexibility index (Phi) is 1.98. The molecule has 0 aliphatic rings. The number of pyridine rings is 1. The molecule has 0 aliphatic heterocycles. The van der Waals surface area contributed by atoms with Gasteiger partial charge in [-0.2, -0.15) is 0 Å². The zero-order valence-corrected chi connectivity index (χ0v) is 7.91. The third kappa shape index (κ3) is 1.30. The highest BCUT2D eigenvalue weighted by molar-refractivity contribution is 6.28. The van der Waals surface area contributed by atoms with Gasteiger partial charge in [-0.15, -0.1) is 0 Å². The normalized spacial score (nSPS) is 11.0. The zero-order chi connectivity index (χ0) is 9.42. The highest BCUT2D eigenvalue weighted by Gasteiger charge is 2.07. The number of hydrogen-bond donors (Lipinski definition) is 1. The van der Waals surface area contributed by atoms with E-state index in [4.69, 9.17) is 16.7 Å². The SMILES string of the molecule is Cc1ccn2c(Cl)nc(CO)c2c1. The Morgan fingerprint density at radius 2 is 2.38 bits per heavy atom. The van der Waals surface area contributed by atoms with Gasteiger partial charge in [-0.1, -0.05) is 0 Å². The average molecular weight is 197 g/mol. The van der Waals surface area contributed by atoms with Crippen molar-refractivity contribution >= 4 is 17.1 Å². The van der Waals surface area contributed by atoms with Gasteiger partial charge in [0.1, 0.15) is 0 Å². The monoisotopic (exact) mass is 196 g/mol. The predicted molar refractivity (Wildman–Crippen MR) is 50.9 cm³/mol. The van der Waals surface area contributed by atoms with Crippen LogP contribution in [0.2, 0.25) is 5.28 Å². The quantitative estimate of drug-likeness (QED) is 0.755. The summed E-state index contributed by atoms with van der Waals surface area (Å²) < 4.78 is 1.75. The highest BCUT2D eigenvalue weighted by atomic mass is 35.5. The fraction of sp³-hybridized carbons (Fsp3) is 0.222. The van der Waals surface area contributed by atoms with Crippen molar-refractivity contribution in [1.82, 2.24) is 9.38 Å². The molecule has 2 heterocycles. The number of fused-ring (bicyclic) bond motifs is 1. The minimum Gasteiger partial charge on any atom is -0.390 e. The van der Waals surface area contributed by atoms with E-state index in [2.05, 4.69) is 4.98 Å². The Labute approximate surface area is 80.6 Å². The molecule has 0 bridgehead atoms. The molecule has 0 aromatic carbocycles. The van der Waals surface area contributed by atoms with Gasteiger partial charge in [-0.3, -0.25) is 4.40 Å². The van der Waals surface area contributed by atoms with E-state index in [0.717, 1.165) is 11.1 Å². The number of nitrogens with zero attached hydrogens (tertiary/aromatic N) is 2. The third-order valence-corrected chi connectivity index (χ3v) is 2.25. The van der Waals surface area contributed by atoms with E-state index >= 15 is 0 Å². The van der Waals surface area contributed by atoms with Crippen molar-refractivity contribution in [3.05, 3.63) is 34.9 Å². The minimum absolute atomic E-state index is 0.0837. The maximum Gasteiger partial charge on any atom is 0.207 e. The van der Waals surface area contributed by atoms with Crippen molar-refractivity contribution in [2.45, 2.75) is 13.5 Å². The summed E-state index contributed by atoms with van der Waals surface area (Å²) in [7, 11) is 0. The Morgan fingerprint density at radius 1 is 1.62 bits per heavy atom. The van der Waals surface area contributed by atoms with E-state index in [9.17, 15) is 0 Å². The summed E-state index contributed by atoms with van der Waals surface area (Å²) in [5.74, 6) is 0. The second kappa shape index (κ2) is 3.01. The Hall–Kier alpha value is -1.06. The number of hydrogen-bond acceptors (Lipinski definition) is 2. The highest BCUT2D eigenvalue weighted by Crippen LogP contribution is 2.17. The van der Waals surface area contributed by atoms with Crippen LogP contribution in [0.5, 0.6) is 0 Å². The molecule has 3 nitrogen and oxygen atoms in total. The number of aryl methyl sites for hydroxylation is 1. The van der Waals surface area contributed by atoms with Gasteiger partial charge in [0.05, 0.1) is 17.8 Å². The maximum atomic E-state index is 9.01. The van der Waals surface area contributed by atoms with Crippen LogP contribution in [0.25, 0.3) is 5.52 Å². The molecule has 0 fully saturated rings. The van der Waals surface area contributed by atoms with Crippen molar-refractivity contribution in [1.29, 1.82) is 0 Å². The molecule has 4 heteroatoms. The second-order valence-corrected chi connectivity index (χ2v) is 3.28. The van der Waals surface area contributed by atoms with Gasteiger partial charge in [-0.05, 0) is 36.2 Å². The Balaban J connectivity index is 2.81. The van der Waals surface area contributed by atoms with E-state index in [0.29, 0.717) is 11.0 Å². The van der Waals surface area contributed by atoms with Crippen LogP contribution in [0, 0.1) is 6.92 Å². The molecule has 0 aliphatic carbocycles. The van der Waals surface area contributed by atoms with Crippen LogP contribution in [0.4, 0.5) is 0 Å². The first-order valence-corrected chi connectivity index (χ1v) is 4.34. The zero-order valence-electron chi connectivity index (χ0n) is 7.16. The number of aromatic nitrogens is 2. The Bertz CT molecular complexity index is 450. The van der Waals surface area contributed by atoms with Gasteiger partial charge in [0, 0.05) is 6.20 Å². The smallest absolute Gasteiger partial charge is 0.207 e. The van der Waals surface area contributed by atoms with Crippen LogP contribution in [-0.2, 0) is 6.61 Å². The fourth-order valence-electron chi connectivity index (χ4n) is 1.33. The molecular weight excluding hydrogens is 188 g/mol. The van der Waals surface area contributed by atoms with Crippen LogP contribution in [0.1, 0.15) is 11.3 Å². The molecule has 0 unspecified atom stereocenters. The van der Waals surface area contributed by atoms with Gasteiger partial charge < -0.3 is 5.11 Å². The minimum atomic E-state index is -0.0837. The number of aliphatic hydroxyl groups is 1. The molecule has 2 aromatic rings. The molecular formula is C9H9ClN2O. The summed E-state index contributed by atoms with van der Waals surface area (Å²) in [6, 6.07) is 3.89. The lowest BCUT2D eigenvalue weighted by molar-refractivity contribution is 0.279. The standard InChI is InChI=1S/C9H9ClN2O/c1-6-2-3-12-8(4-6)7(5-13)11-9(12)10/h2-4,13H,5H2,1H3. The van der Waals surface area contributed by atoms with Crippen LogP contribution in [-0.4, -0.2) is 14.5 Å². The lowest BCUT2D eigenvalue weighted by Gasteiger charge is -1.97. The van der Waals surface area contributed by atoms with Gasteiger partial charge in [0.15, 0.2) is 0 Å². The molecule has 0 spiro atoms. The first-order valence-electron chi connectivity index (χ1n) is 3.96. The van der Waals surface area contributed by atoms with Crippen molar-refractivity contribution < 1.29 is 5.11 Å². The molecule has 0 atom stereocenters.